The Labute approximate surface area is 118 Å². The first-order valence-corrected chi connectivity index (χ1v) is 6.06. The quantitative estimate of drug-likeness (QED) is 0.704. The van der Waals surface area contributed by atoms with Gasteiger partial charge in [0.05, 0.1) is 10.6 Å². The molecule has 0 atom stereocenters. The van der Waals surface area contributed by atoms with Crippen LogP contribution < -0.4 is 5.73 Å². The van der Waals surface area contributed by atoms with Gasteiger partial charge in [-0.05, 0) is 24.3 Å². The maximum absolute atomic E-state index is 9.82. The molecule has 0 aliphatic carbocycles. The second-order valence-electron chi connectivity index (χ2n) is 4.06. The second kappa shape index (κ2) is 4.82. The lowest BCUT2D eigenvalue weighted by molar-refractivity contribution is 0.425. The molecule has 0 unspecified atom stereocenters. The van der Waals surface area contributed by atoms with E-state index in [4.69, 9.17) is 21.9 Å². The topological polar surface area (TPSA) is 98.1 Å². The van der Waals surface area contributed by atoms with Crippen LogP contribution in [0.1, 0.15) is 0 Å². The predicted octanol–water partition coefficient (Wildman–Crippen LogP) is 2.74. The smallest absolute Gasteiger partial charge is 0.262 e. The van der Waals surface area contributed by atoms with E-state index in [2.05, 4.69) is 15.1 Å². The van der Waals surface area contributed by atoms with E-state index in [-0.39, 0.29) is 11.6 Å². The molecule has 2 heterocycles. The molecule has 0 saturated heterocycles. The molecule has 0 bridgehead atoms. The summed E-state index contributed by atoms with van der Waals surface area (Å²) in [5.74, 6) is 0.478. The lowest BCUT2D eigenvalue weighted by atomic mass is 10.2. The number of hydrogen-bond acceptors (Lipinski definition) is 6. The third kappa shape index (κ3) is 2.28. The number of halogens is 1. The van der Waals surface area contributed by atoms with Gasteiger partial charge in [0.15, 0.2) is 0 Å². The van der Waals surface area contributed by atoms with Crippen molar-refractivity contribution in [2.75, 3.05) is 5.73 Å². The van der Waals surface area contributed by atoms with Gasteiger partial charge in [0, 0.05) is 18.0 Å². The van der Waals surface area contributed by atoms with Gasteiger partial charge in [0.2, 0.25) is 5.82 Å². The lowest BCUT2D eigenvalue weighted by Gasteiger charge is -1.99. The number of benzene rings is 1. The summed E-state index contributed by atoms with van der Waals surface area (Å²) in [6.45, 7) is 0. The molecule has 0 aliphatic rings. The molecule has 0 saturated carbocycles. The van der Waals surface area contributed by atoms with Crippen molar-refractivity contribution >= 4 is 17.3 Å². The van der Waals surface area contributed by atoms with Gasteiger partial charge in [-0.25, -0.2) is 0 Å². The summed E-state index contributed by atoms with van der Waals surface area (Å²) in [6, 6.07) is 8.02. The van der Waals surface area contributed by atoms with Gasteiger partial charge in [0.1, 0.15) is 11.4 Å². The molecule has 20 heavy (non-hydrogen) atoms. The number of aromatic hydroxyl groups is 1. The zero-order valence-electron chi connectivity index (χ0n) is 10.1. The van der Waals surface area contributed by atoms with Crippen molar-refractivity contribution in [3.05, 3.63) is 41.6 Å². The molecule has 3 N–H and O–H groups in total. The first-order chi connectivity index (χ1) is 9.63. The second-order valence-corrected chi connectivity index (χ2v) is 4.50. The predicted molar refractivity (Wildman–Crippen MR) is 74.1 cm³/mol. The minimum absolute atomic E-state index is 0.0238. The molecule has 3 aromatic rings. The van der Waals surface area contributed by atoms with Crippen molar-refractivity contribution in [2.45, 2.75) is 0 Å². The third-order valence-corrected chi connectivity index (χ3v) is 2.86. The van der Waals surface area contributed by atoms with Gasteiger partial charge in [-0.2, -0.15) is 4.98 Å². The van der Waals surface area contributed by atoms with Gasteiger partial charge in [-0.15, -0.1) is 0 Å². The monoisotopic (exact) mass is 288 g/mol. The summed E-state index contributed by atoms with van der Waals surface area (Å²) in [5, 5.41) is 14.2. The van der Waals surface area contributed by atoms with E-state index in [1.165, 1.54) is 12.3 Å². The number of anilines is 1. The number of phenols is 1. The Morgan fingerprint density at radius 1 is 1.20 bits per heavy atom. The zero-order valence-corrected chi connectivity index (χ0v) is 10.9. The van der Waals surface area contributed by atoms with E-state index in [0.717, 1.165) is 0 Å². The SMILES string of the molecule is Nc1ccc(-c2nc(-c3ccc(Cl)cn3)no2)c(O)c1. The maximum Gasteiger partial charge on any atom is 0.262 e. The number of phenolic OH excluding ortho intramolecular Hbond substituents is 1. The minimum Gasteiger partial charge on any atom is -0.507 e. The molecule has 0 fully saturated rings. The number of nitrogens with two attached hydrogens (primary N) is 1. The first-order valence-electron chi connectivity index (χ1n) is 5.68. The van der Waals surface area contributed by atoms with Gasteiger partial charge < -0.3 is 15.4 Å². The average molecular weight is 289 g/mol. The van der Waals surface area contributed by atoms with Gasteiger partial charge in [0.25, 0.3) is 5.89 Å². The fourth-order valence-corrected chi connectivity index (χ4v) is 1.79. The fraction of sp³-hybridized carbons (Fsp3) is 0. The van der Waals surface area contributed by atoms with Crippen molar-refractivity contribution in [3.8, 4) is 28.7 Å². The van der Waals surface area contributed by atoms with Crippen molar-refractivity contribution in [3.63, 3.8) is 0 Å². The van der Waals surface area contributed by atoms with E-state index in [9.17, 15) is 5.11 Å². The maximum atomic E-state index is 9.82. The highest BCUT2D eigenvalue weighted by Gasteiger charge is 2.14. The van der Waals surface area contributed by atoms with Crippen LogP contribution in [0.3, 0.4) is 0 Å². The molecule has 3 rings (SSSR count). The van der Waals surface area contributed by atoms with Crippen molar-refractivity contribution in [1.82, 2.24) is 15.1 Å². The Kier molecular flexibility index (Phi) is 3.00. The Morgan fingerprint density at radius 3 is 2.75 bits per heavy atom. The summed E-state index contributed by atoms with van der Waals surface area (Å²) in [6.07, 6.45) is 1.49. The van der Waals surface area contributed by atoms with Gasteiger partial charge >= 0.3 is 0 Å². The van der Waals surface area contributed by atoms with Gasteiger partial charge in [-0.3, -0.25) is 4.98 Å². The van der Waals surface area contributed by atoms with E-state index in [1.807, 2.05) is 0 Å². The lowest BCUT2D eigenvalue weighted by Crippen LogP contribution is -1.87. The summed E-state index contributed by atoms with van der Waals surface area (Å²) in [4.78, 5) is 8.28. The summed E-state index contributed by atoms with van der Waals surface area (Å²) < 4.78 is 5.12. The van der Waals surface area contributed by atoms with Crippen molar-refractivity contribution in [2.24, 2.45) is 0 Å². The van der Waals surface area contributed by atoms with Gasteiger partial charge in [-0.1, -0.05) is 16.8 Å². The van der Waals surface area contributed by atoms with E-state index in [1.54, 1.807) is 24.3 Å². The van der Waals surface area contributed by atoms with Crippen LogP contribution in [-0.4, -0.2) is 20.2 Å². The van der Waals surface area contributed by atoms with E-state index >= 15 is 0 Å². The Hall–Kier alpha value is -2.60. The molecule has 0 spiro atoms. The molecule has 100 valence electrons. The average Bonchev–Trinajstić information content (AvgIpc) is 2.89. The molecule has 7 heteroatoms. The van der Waals surface area contributed by atoms with E-state index in [0.29, 0.717) is 27.8 Å². The van der Waals surface area contributed by atoms with Crippen molar-refractivity contribution < 1.29 is 9.63 Å². The minimum atomic E-state index is -0.0238. The summed E-state index contributed by atoms with van der Waals surface area (Å²) in [7, 11) is 0. The van der Waals surface area contributed by atoms with Crippen LogP contribution in [0.5, 0.6) is 5.75 Å². The number of rotatable bonds is 2. The fourth-order valence-electron chi connectivity index (χ4n) is 1.67. The Bertz CT molecular complexity index is 755. The molecule has 0 amide bonds. The zero-order chi connectivity index (χ0) is 14.1. The third-order valence-electron chi connectivity index (χ3n) is 2.63. The van der Waals surface area contributed by atoms with Crippen LogP contribution in [0.15, 0.2) is 41.1 Å². The molecule has 6 nitrogen and oxygen atoms in total. The molecule has 1 aromatic carbocycles. The van der Waals surface area contributed by atoms with E-state index < -0.39 is 0 Å². The number of nitrogens with zero attached hydrogens (tertiary/aromatic N) is 3. The van der Waals surface area contributed by atoms with Crippen LogP contribution in [-0.2, 0) is 0 Å². The summed E-state index contributed by atoms with van der Waals surface area (Å²) >= 11 is 5.76. The van der Waals surface area contributed by atoms with Crippen LogP contribution in [0, 0.1) is 0 Å². The number of pyridine rings is 1. The molecule has 0 radical (unpaired) electrons. The van der Waals surface area contributed by atoms with Crippen LogP contribution in [0.2, 0.25) is 5.02 Å². The molecular weight excluding hydrogens is 280 g/mol. The molecule has 2 aromatic heterocycles. The molecular formula is C13H9ClN4O2. The Balaban J connectivity index is 1.99. The first kappa shape index (κ1) is 12.4. The standard InChI is InChI=1S/C13H9ClN4O2/c14-7-1-4-10(16-6-7)12-17-13(20-18-12)9-3-2-8(15)5-11(9)19/h1-6,19H,15H2. The number of nitrogen functional groups attached to an aromatic ring is 1. The number of aromatic nitrogens is 3. The Morgan fingerprint density at radius 2 is 2.05 bits per heavy atom. The van der Waals surface area contributed by atoms with Crippen LogP contribution in [0.25, 0.3) is 23.0 Å². The van der Waals surface area contributed by atoms with Crippen LogP contribution >= 0.6 is 11.6 Å². The highest BCUT2D eigenvalue weighted by atomic mass is 35.5. The largest absolute Gasteiger partial charge is 0.507 e. The highest BCUT2D eigenvalue weighted by Crippen LogP contribution is 2.30. The van der Waals surface area contributed by atoms with Crippen molar-refractivity contribution in [1.29, 1.82) is 0 Å². The molecule has 0 aliphatic heterocycles. The number of hydrogen-bond donors (Lipinski definition) is 2. The normalized spacial score (nSPS) is 10.7. The summed E-state index contributed by atoms with van der Waals surface area (Å²) in [5.41, 5.74) is 6.95. The van der Waals surface area contributed by atoms with Crippen LogP contribution in [0.4, 0.5) is 5.69 Å². The highest BCUT2D eigenvalue weighted by molar-refractivity contribution is 6.30.